The van der Waals surface area contributed by atoms with Crippen molar-refractivity contribution in [3.05, 3.63) is 64.2 Å². The highest BCUT2D eigenvalue weighted by molar-refractivity contribution is 6.32. The number of rotatable bonds is 6. The highest BCUT2D eigenvalue weighted by atomic mass is 35.5. The van der Waals surface area contributed by atoms with Crippen LogP contribution in [0, 0.1) is 11.6 Å². The summed E-state index contributed by atoms with van der Waals surface area (Å²) in [5.41, 5.74) is 0.237. The Hall–Kier alpha value is -2.67. The Morgan fingerprint density at radius 1 is 1.20 bits per heavy atom. The molecule has 2 N–H and O–H groups in total. The number of methoxy groups -OCH3 is 1. The monoisotopic (exact) mass is 369 g/mol. The number of aliphatic carboxylic acids is 1. The van der Waals surface area contributed by atoms with Crippen LogP contribution in [-0.4, -0.2) is 30.1 Å². The first-order valence-electron chi connectivity index (χ1n) is 7.12. The van der Waals surface area contributed by atoms with Crippen LogP contribution in [0.4, 0.5) is 8.78 Å². The minimum atomic E-state index is -1.30. The molecule has 0 bridgehead atoms. The zero-order valence-corrected chi connectivity index (χ0v) is 13.8. The van der Waals surface area contributed by atoms with Crippen LogP contribution in [0.1, 0.15) is 15.9 Å². The first-order chi connectivity index (χ1) is 11.8. The number of carboxylic acids is 1. The minimum absolute atomic E-state index is 0.0669. The first kappa shape index (κ1) is 18.7. The van der Waals surface area contributed by atoms with Gasteiger partial charge in [-0.15, -0.1) is 0 Å². The molecule has 0 heterocycles. The van der Waals surface area contributed by atoms with Crippen molar-refractivity contribution in [2.75, 3.05) is 7.11 Å². The van der Waals surface area contributed by atoms with Gasteiger partial charge in [0, 0.05) is 18.1 Å². The third-order valence-corrected chi connectivity index (χ3v) is 3.68. The molecule has 2 rings (SSSR count). The number of nitrogens with one attached hydrogen (secondary N) is 1. The van der Waals surface area contributed by atoms with Gasteiger partial charge in [0.15, 0.2) is 0 Å². The Morgan fingerprint density at radius 3 is 2.36 bits per heavy atom. The van der Waals surface area contributed by atoms with Gasteiger partial charge in [0.2, 0.25) is 0 Å². The summed E-state index contributed by atoms with van der Waals surface area (Å²) in [7, 11) is 1.44. The predicted molar refractivity (Wildman–Crippen MR) is 87.0 cm³/mol. The Kier molecular flexibility index (Phi) is 5.93. The maximum atomic E-state index is 13.2. The minimum Gasteiger partial charge on any atom is -0.495 e. The highest BCUT2D eigenvalue weighted by Gasteiger charge is 2.22. The normalized spacial score (nSPS) is 11.7. The van der Waals surface area contributed by atoms with Gasteiger partial charge in [-0.3, -0.25) is 4.79 Å². The number of benzene rings is 2. The van der Waals surface area contributed by atoms with Crippen molar-refractivity contribution < 1.29 is 28.2 Å². The molecule has 5 nitrogen and oxygen atoms in total. The van der Waals surface area contributed by atoms with E-state index in [4.69, 9.17) is 16.3 Å². The second-order valence-electron chi connectivity index (χ2n) is 5.20. The lowest BCUT2D eigenvalue weighted by atomic mass is 10.0. The van der Waals surface area contributed by atoms with E-state index in [0.29, 0.717) is 22.4 Å². The molecule has 0 aliphatic rings. The second kappa shape index (κ2) is 7.94. The number of carboxylic acid groups (broad SMARTS) is 1. The van der Waals surface area contributed by atoms with Crippen LogP contribution in [0.15, 0.2) is 36.4 Å². The number of carbonyl (C=O) groups is 2. The van der Waals surface area contributed by atoms with Crippen LogP contribution in [0.2, 0.25) is 5.02 Å². The van der Waals surface area contributed by atoms with Gasteiger partial charge in [0.1, 0.15) is 23.4 Å². The molecule has 25 heavy (non-hydrogen) atoms. The van der Waals surface area contributed by atoms with Crippen LogP contribution in [0.5, 0.6) is 5.75 Å². The van der Waals surface area contributed by atoms with Crippen molar-refractivity contribution in [1.29, 1.82) is 0 Å². The molecule has 0 saturated carbocycles. The summed E-state index contributed by atoms with van der Waals surface area (Å²) in [6, 6.07) is 5.65. The van der Waals surface area contributed by atoms with Crippen LogP contribution < -0.4 is 10.1 Å². The predicted octanol–water partition coefficient (Wildman–Crippen LogP) is 3.05. The van der Waals surface area contributed by atoms with E-state index in [1.165, 1.54) is 13.2 Å². The Bertz CT molecular complexity index is 793. The van der Waals surface area contributed by atoms with E-state index in [-0.39, 0.29) is 12.0 Å². The van der Waals surface area contributed by atoms with Gasteiger partial charge in [-0.05, 0) is 29.8 Å². The van der Waals surface area contributed by atoms with Gasteiger partial charge in [0.25, 0.3) is 5.91 Å². The molecule has 0 aliphatic heterocycles. The van der Waals surface area contributed by atoms with Gasteiger partial charge in [-0.25, -0.2) is 13.6 Å². The lowest BCUT2D eigenvalue weighted by Gasteiger charge is -2.15. The Labute approximate surface area is 147 Å². The molecular weight excluding hydrogens is 356 g/mol. The average Bonchev–Trinajstić information content (AvgIpc) is 2.53. The summed E-state index contributed by atoms with van der Waals surface area (Å²) in [6.45, 7) is 0. The molecule has 0 unspecified atom stereocenters. The fourth-order valence-electron chi connectivity index (χ4n) is 2.20. The number of halogens is 3. The van der Waals surface area contributed by atoms with Crippen LogP contribution in [0.25, 0.3) is 0 Å². The summed E-state index contributed by atoms with van der Waals surface area (Å²) >= 11 is 5.99. The molecule has 0 aromatic heterocycles. The van der Waals surface area contributed by atoms with Gasteiger partial charge in [-0.1, -0.05) is 17.7 Å². The molecule has 2 aromatic rings. The quantitative estimate of drug-likeness (QED) is 0.820. The van der Waals surface area contributed by atoms with Gasteiger partial charge >= 0.3 is 5.97 Å². The number of carbonyl (C=O) groups excluding carboxylic acids is 1. The topological polar surface area (TPSA) is 75.6 Å². The molecule has 8 heteroatoms. The summed E-state index contributed by atoms with van der Waals surface area (Å²) in [5, 5.41) is 11.8. The molecule has 0 aliphatic carbocycles. The zero-order valence-electron chi connectivity index (χ0n) is 13.1. The Morgan fingerprint density at radius 2 is 1.84 bits per heavy atom. The third-order valence-electron chi connectivity index (χ3n) is 3.38. The first-order valence-corrected chi connectivity index (χ1v) is 7.50. The van der Waals surface area contributed by atoms with Crippen molar-refractivity contribution in [2.45, 2.75) is 12.5 Å². The van der Waals surface area contributed by atoms with Crippen LogP contribution >= 0.6 is 11.6 Å². The summed E-state index contributed by atoms with van der Waals surface area (Å²) in [5.74, 6) is -3.63. The molecule has 0 spiro atoms. The lowest BCUT2D eigenvalue weighted by molar-refractivity contribution is -0.139. The largest absolute Gasteiger partial charge is 0.495 e. The number of hydrogen-bond acceptors (Lipinski definition) is 3. The van der Waals surface area contributed by atoms with Crippen molar-refractivity contribution in [1.82, 2.24) is 5.32 Å². The van der Waals surface area contributed by atoms with E-state index in [2.05, 4.69) is 5.32 Å². The van der Waals surface area contributed by atoms with E-state index < -0.39 is 29.6 Å². The van der Waals surface area contributed by atoms with Crippen molar-refractivity contribution >= 4 is 23.5 Å². The third kappa shape index (κ3) is 4.90. The fourth-order valence-corrected chi connectivity index (χ4v) is 2.48. The van der Waals surface area contributed by atoms with Crippen molar-refractivity contribution in [3.63, 3.8) is 0 Å². The maximum absolute atomic E-state index is 13.2. The standard InChI is InChI=1S/C17H14ClF2NO4/c1-25-15-3-2-9(4-13(15)18)5-14(17(23)24)21-16(22)10-6-11(19)8-12(20)7-10/h2-4,6-8,14H,5H2,1H3,(H,21,22)(H,23,24)/t14-/m0/s1. The summed E-state index contributed by atoms with van der Waals surface area (Å²) < 4.78 is 31.4. The maximum Gasteiger partial charge on any atom is 0.326 e. The average molecular weight is 370 g/mol. The van der Waals surface area contributed by atoms with Gasteiger partial charge in [-0.2, -0.15) is 0 Å². The fraction of sp³-hybridized carbons (Fsp3) is 0.176. The van der Waals surface area contributed by atoms with E-state index in [1.54, 1.807) is 12.1 Å². The van der Waals surface area contributed by atoms with Crippen molar-refractivity contribution in [3.8, 4) is 5.75 Å². The molecule has 0 fully saturated rings. The zero-order chi connectivity index (χ0) is 18.6. The Balaban J connectivity index is 2.16. The molecule has 132 valence electrons. The van der Waals surface area contributed by atoms with E-state index in [9.17, 15) is 23.5 Å². The molecule has 0 radical (unpaired) electrons. The molecule has 0 saturated heterocycles. The van der Waals surface area contributed by atoms with Gasteiger partial charge in [0.05, 0.1) is 12.1 Å². The summed E-state index contributed by atoms with van der Waals surface area (Å²) in [6.07, 6.45) is -0.0669. The van der Waals surface area contributed by atoms with Crippen molar-refractivity contribution in [2.24, 2.45) is 0 Å². The van der Waals surface area contributed by atoms with E-state index in [1.807, 2.05) is 0 Å². The smallest absolute Gasteiger partial charge is 0.326 e. The van der Waals surface area contributed by atoms with E-state index in [0.717, 1.165) is 12.1 Å². The lowest BCUT2D eigenvalue weighted by Crippen LogP contribution is -2.42. The SMILES string of the molecule is COc1ccc(C[C@H](NC(=O)c2cc(F)cc(F)c2)C(=O)O)cc1Cl. The second-order valence-corrected chi connectivity index (χ2v) is 5.60. The van der Waals surface area contributed by atoms with Crippen LogP contribution in [-0.2, 0) is 11.2 Å². The molecule has 2 aromatic carbocycles. The van der Waals surface area contributed by atoms with Crippen LogP contribution in [0.3, 0.4) is 0 Å². The summed E-state index contributed by atoms with van der Waals surface area (Å²) in [4.78, 5) is 23.5. The molecule has 1 amide bonds. The van der Waals surface area contributed by atoms with E-state index >= 15 is 0 Å². The van der Waals surface area contributed by atoms with Gasteiger partial charge < -0.3 is 15.2 Å². The molecular formula is C17H14ClF2NO4. The highest BCUT2D eigenvalue weighted by Crippen LogP contribution is 2.25. The number of hydrogen-bond donors (Lipinski definition) is 2. The number of ether oxygens (including phenoxy) is 1. The number of amides is 1. The molecule has 1 atom stereocenters.